The molecule has 0 aliphatic carbocycles. The van der Waals surface area contributed by atoms with Gasteiger partial charge in [-0.3, -0.25) is 10.1 Å². The Kier molecular flexibility index (Phi) is 6.83. The van der Waals surface area contributed by atoms with Crippen LogP contribution in [-0.2, 0) is 23.0 Å². The molecule has 9 nitrogen and oxygen atoms in total. The molecule has 3 N–H and O–H groups in total. The summed E-state index contributed by atoms with van der Waals surface area (Å²) in [6.45, 7) is 1.08. The lowest BCUT2D eigenvalue weighted by molar-refractivity contribution is 0.0552. The normalized spacial score (nSPS) is 20.6. The highest BCUT2D eigenvalue weighted by Crippen LogP contribution is 2.33. The highest BCUT2D eigenvalue weighted by molar-refractivity contribution is 7.91. The fourth-order valence-corrected chi connectivity index (χ4v) is 8.60. The van der Waals surface area contributed by atoms with E-state index in [1.807, 2.05) is 6.07 Å². The third-order valence-electron chi connectivity index (χ3n) is 6.45. The maximum atomic E-state index is 13.5. The summed E-state index contributed by atoms with van der Waals surface area (Å²) in [4.78, 5) is 20.6. The van der Waals surface area contributed by atoms with E-state index in [2.05, 4.69) is 22.3 Å². The van der Waals surface area contributed by atoms with Crippen LogP contribution in [-0.4, -0.2) is 60.4 Å². The summed E-state index contributed by atoms with van der Waals surface area (Å²) in [6, 6.07) is 8.77. The monoisotopic (exact) mass is 540 g/mol. The van der Waals surface area contributed by atoms with Crippen molar-refractivity contribution >= 4 is 48.7 Å². The molecule has 0 spiro atoms. The first-order chi connectivity index (χ1) is 17.3. The van der Waals surface area contributed by atoms with Gasteiger partial charge in [-0.2, -0.15) is 9.57 Å². The molecule has 1 amide bonds. The Hall–Kier alpha value is -2.84. The van der Waals surface area contributed by atoms with Crippen LogP contribution >= 0.6 is 22.7 Å². The Morgan fingerprint density at radius 3 is 2.92 bits per heavy atom. The summed E-state index contributed by atoms with van der Waals surface area (Å²) in [5.74, 6) is 2.34. The molecule has 3 aromatic rings. The van der Waals surface area contributed by atoms with Crippen LogP contribution in [0.3, 0.4) is 0 Å². The molecule has 1 saturated heterocycles. The minimum absolute atomic E-state index is 0.122. The van der Waals surface area contributed by atoms with Gasteiger partial charge in [-0.05, 0) is 30.0 Å². The van der Waals surface area contributed by atoms with Crippen LogP contribution in [0.15, 0.2) is 28.5 Å². The average Bonchev–Trinajstić information content (AvgIpc) is 3.50. The lowest BCUT2D eigenvalue weighted by Crippen LogP contribution is -2.56. The van der Waals surface area contributed by atoms with Gasteiger partial charge in [0, 0.05) is 60.2 Å². The van der Waals surface area contributed by atoms with E-state index in [0.717, 1.165) is 20.7 Å². The van der Waals surface area contributed by atoms with Crippen molar-refractivity contribution < 1.29 is 13.2 Å². The lowest BCUT2D eigenvalue weighted by Gasteiger charge is -2.40. The zero-order valence-electron chi connectivity index (χ0n) is 19.3. The molecule has 1 fully saturated rings. The maximum absolute atomic E-state index is 13.5. The SMILES string of the molecule is C#Cc1ccc2cc(S(=O)(=O)N3CCN(C(=O)c4nc5c(s4)CNC(N)C5)C(CCC#N)C3)sc2c1. The van der Waals surface area contributed by atoms with Gasteiger partial charge in [0.25, 0.3) is 15.9 Å². The molecule has 2 aliphatic heterocycles. The quantitative estimate of drug-likeness (QED) is 0.474. The molecule has 186 valence electrons. The molecule has 2 aliphatic rings. The molecule has 2 aromatic heterocycles. The van der Waals surface area contributed by atoms with Crippen molar-refractivity contribution in [1.82, 2.24) is 19.5 Å². The van der Waals surface area contributed by atoms with Gasteiger partial charge in [-0.25, -0.2) is 13.4 Å². The molecule has 36 heavy (non-hydrogen) atoms. The predicted molar refractivity (Wildman–Crippen MR) is 139 cm³/mol. The van der Waals surface area contributed by atoms with Crippen molar-refractivity contribution in [2.45, 2.75) is 42.2 Å². The molecule has 0 radical (unpaired) electrons. The summed E-state index contributed by atoms with van der Waals surface area (Å²) in [6.07, 6.45) is 6.44. The van der Waals surface area contributed by atoms with Crippen LogP contribution in [0, 0.1) is 23.7 Å². The molecule has 0 saturated carbocycles. The van der Waals surface area contributed by atoms with Crippen molar-refractivity contribution in [2.24, 2.45) is 5.73 Å². The third-order valence-corrected chi connectivity index (χ3v) is 11.0. The fraction of sp³-hybridized carbons (Fsp3) is 0.375. The van der Waals surface area contributed by atoms with E-state index >= 15 is 0 Å². The van der Waals surface area contributed by atoms with Gasteiger partial charge in [0.05, 0.1) is 17.9 Å². The fourth-order valence-electron chi connectivity index (χ4n) is 4.54. The number of nitrogens with zero attached hydrogens (tertiary/aromatic N) is 4. The molecule has 1 aromatic carbocycles. The van der Waals surface area contributed by atoms with E-state index in [-0.39, 0.29) is 42.3 Å². The van der Waals surface area contributed by atoms with E-state index in [1.165, 1.54) is 27.0 Å². The van der Waals surface area contributed by atoms with Gasteiger partial charge in [-0.15, -0.1) is 29.1 Å². The predicted octanol–water partition coefficient (Wildman–Crippen LogP) is 2.09. The number of nitrogens with two attached hydrogens (primary N) is 1. The molecule has 0 bridgehead atoms. The van der Waals surface area contributed by atoms with Crippen LogP contribution in [0.2, 0.25) is 0 Å². The number of hydrogen-bond donors (Lipinski definition) is 2. The summed E-state index contributed by atoms with van der Waals surface area (Å²) < 4.78 is 29.5. The number of carbonyl (C=O) groups is 1. The van der Waals surface area contributed by atoms with Gasteiger partial charge in [0.1, 0.15) is 4.21 Å². The van der Waals surface area contributed by atoms with Crippen molar-refractivity contribution in [2.75, 3.05) is 19.6 Å². The Morgan fingerprint density at radius 1 is 1.31 bits per heavy atom. The van der Waals surface area contributed by atoms with E-state index in [4.69, 9.17) is 12.2 Å². The molecular weight excluding hydrogens is 517 g/mol. The van der Waals surface area contributed by atoms with Crippen molar-refractivity contribution in [3.63, 3.8) is 0 Å². The van der Waals surface area contributed by atoms with Gasteiger partial charge in [0.2, 0.25) is 0 Å². The minimum atomic E-state index is -3.78. The first-order valence-electron chi connectivity index (χ1n) is 11.5. The Labute approximate surface area is 217 Å². The number of carbonyl (C=O) groups excluding carboxylic acids is 1. The Bertz CT molecular complexity index is 1510. The van der Waals surface area contributed by atoms with E-state index < -0.39 is 16.1 Å². The number of nitriles is 1. The number of hydrogen-bond acceptors (Lipinski definition) is 9. The van der Waals surface area contributed by atoms with Crippen LogP contribution in [0.1, 0.15) is 38.8 Å². The number of benzene rings is 1. The highest BCUT2D eigenvalue weighted by atomic mass is 32.2. The number of terminal acetylenes is 1. The van der Waals surface area contributed by atoms with Gasteiger partial charge in [-0.1, -0.05) is 12.0 Å². The second-order valence-electron chi connectivity index (χ2n) is 8.75. The van der Waals surface area contributed by atoms with Crippen LogP contribution in [0.4, 0.5) is 0 Å². The Balaban J connectivity index is 1.38. The van der Waals surface area contributed by atoms with Crippen LogP contribution in [0.25, 0.3) is 10.1 Å². The number of sulfonamides is 1. The molecule has 2 atom stereocenters. The Morgan fingerprint density at radius 2 is 2.14 bits per heavy atom. The summed E-state index contributed by atoms with van der Waals surface area (Å²) in [7, 11) is -3.78. The number of nitrogens with one attached hydrogen (secondary N) is 1. The first kappa shape index (κ1) is 24.8. The number of piperazine rings is 1. The first-order valence-corrected chi connectivity index (χ1v) is 14.5. The number of amides is 1. The number of rotatable bonds is 5. The van der Waals surface area contributed by atoms with Crippen molar-refractivity contribution in [1.29, 1.82) is 5.26 Å². The van der Waals surface area contributed by atoms with Crippen LogP contribution < -0.4 is 11.1 Å². The van der Waals surface area contributed by atoms with Crippen molar-refractivity contribution in [3.05, 3.63) is 45.4 Å². The summed E-state index contributed by atoms with van der Waals surface area (Å²) >= 11 is 2.53. The zero-order chi connectivity index (χ0) is 25.4. The number of thiophene rings is 1. The maximum Gasteiger partial charge on any atom is 0.283 e. The van der Waals surface area contributed by atoms with E-state index in [9.17, 15) is 18.5 Å². The molecule has 4 heterocycles. The average molecular weight is 541 g/mol. The van der Waals surface area contributed by atoms with Crippen molar-refractivity contribution in [3.8, 4) is 18.4 Å². The zero-order valence-corrected chi connectivity index (χ0v) is 21.8. The number of fused-ring (bicyclic) bond motifs is 2. The smallest absolute Gasteiger partial charge is 0.283 e. The van der Waals surface area contributed by atoms with Gasteiger partial charge < -0.3 is 10.6 Å². The molecule has 12 heteroatoms. The molecule has 5 rings (SSSR count). The van der Waals surface area contributed by atoms with E-state index in [0.29, 0.717) is 30.0 Å². The lowest BCUT2D eigenvalue weighted by atomic mass is 10.1. The highest BCUT2D eigenvalue weighted by Gasteiger charge is 2.38. The summed E-state index contributed by atoms with van der Waals surface area (Å²) in [5.41, 5.74) is 7.48. The molecule has 2 unspecified atom stereocenters. The second-order valence-corrected chi connectivity index (χ2v) is 13.1. The molecular formula is C24H24N6O3S3. The summed E-state index contributed by atoms with van der Waals surface area (Å²) in [5, 5.41) is 13.5. The number of thiazole rings is 1. The van der Waals surface area contributed by atoms with Gasteiger partial charge in [0.15, 0.2) is 5.01 Å². The second kappa shape index (κ2) is 9.90. The van der Waals surface area contributed by atoms with E-state index in [1.54, 1.807) is 23.1 Å². The van der Waals surface area contributed by atoms with Crippen LogP contribution in [0.5, 0.6) is 0 Å². The topological polar surface area (TPSA) is 132 Å². The standard InChI is InChI=1S/C24H24N6O3S3/c1-2-15-5-6-16-11-22(34-19(16)10-15)36(32,33)29-8-9-30(17(14-29)4-3-7-25)24(31)23-28-18-12-21(26)27-13-20(18)35-23/h1,5-6,10-11,17,21,27H,3-4,8-9,12-14,26H2. The number of aromatic nitrogens is 1. The third kappa shape index (κ3) is 4.64. The minimum Gasteiger partial charge on any atom is -0.331 e. The largest absolute Gasteiger partial charge is 0.331 e. The van der Waals surface area contributed by atoms with Gasteiger partial charge >= 0.3 is 0 Å².